The predicted octanol–water partition coefficient (Wildman–Crippen LogP) is 3.07. The molecule has 4 heterocycles. The first-order valence-electron chi connectivity index (χ1n) is 15.5. The Hall–Kier alpha value is -5.07. The van der Waals surface area contributed by atoms with Crippen molar-refractivity contribution in [3.05, 3.63) is 79.7 Å². The fraction of sp³-hybridized carbons (Fsp3) is 0.394. The number of pyridine rings is 3. The number of piperazine rings is 1. The van der Waals surface area contributed by atoms with Crippen LogP contribution in [0.3, 0.4) is 0 Å². The number of amides is 2. The van der Waals surface area contributed by atoms with Crippen LogP contribution in [0.25, 0.3) is 21.9 Å². The van der Waals surface area contributed by atoms with Crippen LogP contribution in [0.4, 0.5) is 10.1 Å². The van der Waals surface area contributed by atoms with Crippen molar-refractivity contribution < 1.29 is 23.9 Å². The van der Waals surface area contributed by atoms with Crippen LogP contribution in [0.15, 0.2) is 46.2 Å². The van der Waals surface area contributed by atoms with Gasteiger partial charge in [-0.05, 0) is 57.4 Å². The summed E-state index contributed by atoms with van der Waals surface area (Å²) in [5.41, 5.74) is 0.669. The molecule has 1 aliphatic carbocycles. The van der Waals surface area contributed by atoms with Gasteiger partial charge in [0.15, 0.2) is 0 Å². The number of carboxylic acids is 1. The number of anilines is 1. The highest BCUT2D eigenvalue weighted by Crippen LogP contribution is 2.38. The minimum Gasteiger partial charge on any atom is -0.477 e. The molecule has 0 spiro atoms. The molecule has 46 heavy (non-hydrogen) atoms. The van der Waals surface area contributed by atoms with Gasteiger partial charge in [0.05, 0.1) is 16.6 Å². The van der Waals surface area contributed by atoms with Crippen LogP contribution in [0.1, 0.15) is 65.1 Å². The number of aryl methyl sites for hydroxylation is 2. The van der Waals surface area contributed by atoms with Crippen LogP contribution >= 0.6 is 0 Å². The molecule has 6 rings (SSSR count). The van der Waals surface area contributed by atoms with Gasteiger partial charge in [0, 0.05) is 75.2 Å². The highest BCUT2D eigenvalue weighted by atomic mass is 19.1. The average molecular weight is 631 g/mol. The summed E-state index contributed by atoms with van der Waals surface area (Å²) in [6, 6.07) is 6.22. The lowest BCUT2D eigenvalue weighted by Crippen LogP contribution is -2.49. The number of aromatic nitrogens is 3. The van der Waals surface area contributed by atoms with Crippen LogP contribution in [-0.2, 0) is 11.3 Å². The monoisotopic (exact) mass is 630 g/mol. The third-order valence-electron chi connectivity index (χ3n) is 8.74. The Morgan fingerprint density at radius 3 is 2.39 bits per heavy atom. The zero-order valence-electron chi connectivity index (χ0n) is 25.7. The molecule has 1 aromatic carbocycles. The lowest BCUT2D eigenvalue weighted by atomic mass is 10.1. The van der Waals surface area contributed by atoms with E-state index >= 15 is 4.39 Å². The second kappa shape index (κ2) is 12.4. The molecule has 3 aromatic heterocycles. The average Bonchev–Trinajstić information content (AvgIpc) is 3.89. The number of hydrogen-bond donors (Lipinski definition) is 2. The minimum absolute atomic E-state index is 0.0276. The summed E-state index contributed by atoms with van der Waals surface area (Å²) >= 11 is 0. The summed E-state index contributed by atoms with van der Waals surface area (Å²) in [4.78, 5) is 71.2. The van der Waals surface area contributed by atoms with Crippen LogP contribution < -0.4 is 21.1 Å². The molecule has 4 aromatic rings. The number of hydrogen-bond acceptors (Lipinski definition) is 7. The van der Waals surface area contributed by atoms with E-state index in [9.17, 15) is 29.1 Å². The van der Waals surface area contributed by atoms with Crippen molar-refractivity contribution in [2.45, 2.75) is 52.1 Å². The van der Waals surface area contributed by atoms with Gasteiger partial charge in [-0.2, -0.15) is 0 Å². The standard InChI is InChI=1S/C33H35FN6O6/c1-3-37-17-23(29(42)21-9-6-19(2)36-31(21)37)32(44)35-10-4-5-28(41)39-13-11-38(12-14-39)27-16-26-22(15-25(27)34)30(43)24(33(45)46)18-40(26)20-7-8-20/h6,9,15-18,20H,3-5,7-8,10-14H2,1-2H3,(H,35,44)(H,45,46). The number of benzene rings is 1. The molecule has 2 amide bonds. The Bertz CT molecular complexity index is 2010. The molecule has 1 saturated carbocycles. The maximum Gasteiger partial charge on any atom is 0.341 e. The SMILES string of the molecule is CCn1cc(C(=O)NCCCC(=O)N2CCN(c3cc4c(cc3F)c(=O)c(C(=O)O)cn4C3CC3)CC2)c(=O)c2ccc(C)nc21. The van der Waals surface area contributed by atoms with E-state index in [0.29, 0.717) is 61.4 Å². The van der Waals surface area contributed by atoms with Crippen LogP contribution in [0.2, 0.25) is 0 Å². The number of halogens is 1. The van der Waals surface area contributed by atoms with Crippen LogP contribution in [-0.4, -0.2) is 74.6 Å². The molecule has 13 heteroatoms. The first-order valence-corrected chi connectivity index (χ1v) is 15.5. The Balaban J connectivity index is 1.05. The van der Waals surface area contributed by atoms with Crippen molar-refractivity contribution in [1.82, 2.24) is 24.3 Å². The number of aromatic carboxylic acids is 1. The third-order valence-corrected chi connectivity index (χ3v) is 8.74. The van der Waals surface area contributed by atoms with Crippen molar-refractivity contribution in [2.75, 3.05) is 37.6 Å². The first kappa shape index (κ1) is 30.9. The summed E-state index contributed by atoms with van der Waals surface area (Å²) < 4.78 is 18.8. The van der Waals surface area contributed by atoms with Gasteiger partial charge in [-0.25, -0.2) is 14.2 Å². The lowest BCUT2D eigenvalue weighted by Gasteiger charge is -2.36. The molecule has 0 bridgehead atoms. The fourth-order valence-corrected chi connectivity index (χ4v) is 6.06. The van der Waals surface area contributed by atoms with E-state index < -0.39 is 23.1 Å². The number of nitrogens with one attached hydrogen (secondary N) is 1. The van der Waals surface area contributed by atoms with Gasteiger partial charge in [-0.15, -0.1) is 0 Å². The highest BCUT2D eigenvalue weighted by Gasteiger charge is 2.29. The van der Waals surface area contributed by atoms with Gasteiger partial charge in [-0.1, -0.05) is 0 Å². The van der Waals surface area contributed by atoms with Gasteiger partial charge >= 0.3 is 5.97 Å². The number of carbonyl (C=O) groups is 3. The molecule has 2 N–H and O–H groups in total. The van der Waals surface area contributed by atoms with E-state index in [1.54, 1.807) is 32.2 Å². The quantitative estimate of drug-likeness (QED) is 0.268. The van der Waals surface area contributed by atoms with E-state index in [1.807, 2.05) is 18.7 Å². The van der Waals surface area contributed by atoms with E-state index in [-0.39, 0.29) is 46.9 Å². The number of carbonyl (C=O) groups excluding carboxylic acids is 2. The van der Waals surface area contributed by atoms with E-state index in [0.717, 1.165) is 24.6 Å². The topological polar surface area (TPSA) is 147 Å². The maximum atomic E-state index is 15.3. The van der Waals surface area contributed by atoms with E-state index in [4.69, 9.17) is 0 Å². The molecular formula is C33H35FN6O6. The Labute approximate surface area is 263 Å². The Kier molecular flexibility index (Phi) is 8.32. The molecule has 1 aliphatic heterocycles. The Morgan fingerprint density at radius 2 is 1.72 bits per heavy atom. The van der Waals surface area contributed by atoms with E-state index in [1.165, 1.54) is 12.4 Å². The summed E-state index contributed by atoms with van der Waals surface area (Å²) in [5.74, 6) is -2.54. The van der Waals surface area contributed by atoms with Gasteiger partial charge < -0.3 is 29.4 Å². The summed E-state index contributed by atoms with van der Waals surface area (Å²) in [6.45, 7) is 6.01. The summed E-state index contributed by atoms with van der Waals surface area (Å²) in [6.07, 6.45) is 5.17. The summed E-state index contributed by atoms with van der Waals surface area (Å²) in [5, 5.41) is 12.6. The predicted molar refractivity (Wildman–Crippen MR) is 170 cm³/mol. The zero-order chi connectivity index (χ0) is 32.7. The van der Waals surface area contributed by atoms with Gasteiger partial charge in [-0.3, -0.25) is 19.2 Å². The molecule has 240 valence electrons. The number of carboxylic acid groups (broad SMARTS) is 1. The molecule has 2 fully saturated rings. The smallest absolute Gasteiger partial charge is 0.341 e. The second-order valence-corrected chi connectivity index (χ2v) is 11.8. The first-order chi connectivity index (χ1) is 22.1. The van der Waals surface area contributed by atoms with Crippen molar-refractivity contribution in [3.8, 4) is 0 Å². The normalized spacial score (nSPS) is 15.0. The van der Waals surface area contributed by atoms with Gasteiger partial charge in [0.25, 0.3) is 5.91 Å². The van der Waals surface area contributed by atoms with Gasteiger partial charge in [0.2, 0.25) is 16.8 Å². The molecule has 2 aliphatic rings. The Morgan fingerprint density at radius 1 is 1.00 bits per heavy atom. The molecule has 0 radical (unpaired) electrons. The van der Waals surface area contributed by atoms with Crippen molar-refractivity contribution in [1.29, 1.82) is 0 Å². The van der Waals surface area contributed by atoms with Crippen LogP contribution in [0.5, 0.6) is 0 Å². The second-order valence-electron chi connectivity index (χ2n) is 11.8. The van der Waals surface area contributed by atoms with E-state index in [2.05, 4.69) is 10.3 Å². The van der Waals surface area contributed by atoms with Crippen molar-refractivity contribution >= 4 is 45.4 Å². The van der Waals surface area contributed by atoms with Crippen molar-refractivity contribution in [2.24, 2.45) is 0 Å². The summed E-state index contributed by atoms with van der Waals surface area (Å²) in [7, 11) is 0. The number of fused-ring (bicyclic) bond motifs is 2. The molecule has 1 saturated heterocycles. The van der Waals surface area contributed by atoms with Crippen LogP contribution in [0, 0.1) is 12.7 Å². The molecular weight excluding hydrogens is 595 g/mol. The third kappa shape index (κ3) is 5.84. The van der Waals surface area contributed by atoms with Crippen molar-refractivity contribution in [3.63, 3.8) is 0 Å². The minimum atomic E-state index is -1.34. The zero-order valence-corrected chi connectivity index (χ0v) is 25.7. The fourth-order valence-electron chi connectivity index (χ4n) is 6.06. The number of nitrogens with zero attached hydrogens (tertiary/aromatic N) is 5. The number of rotatable bonds is 9. The molecule has 0 unspecified atom stereocenters. The lowest BCUT2D eigenvalue weighted by molar-refractivity contribution is -0.131. The molecule has 0 atom stereocenters. The maximum absolute atomic E-state index is 15.3. The van der Waals surface area contributed by atoms with Gasteiger partial charge in [0.1, 0.15) is 22.6 Å². The highest BCUT2D eigenvalue weighted by molar-refractivity contribution is 5.97. The molecule has 12 nitrogen and oxygen atoms in total. The largest absolute Gasteiger partial charge is 0.477 e.